The van der Waals surface area contributed by atoms with Crippen molar-refractivity contribution >= 4 is 40.0 Å². The van der Waals surface area contributed by atoms with Crippen LogP contribution in [-0.2, 0) is 22.5 Å². The molecule has 0 aliphatic rings. The van der Waals surface area contributed by atoms with Gasteiger partial charge in [0.05, 0.1) is 12.9 Å². The number of aromatic nitrogens is 3. The summed E-state index contributed by atoms with van der Waals surface area (Å²) in [6, 6.07) is 7.88. The molecule has 0 radical (unpaired) electrons. The van der Waals surface area contributed by atoms with Crippen LogP contribution in [0.3, 0.4) is 0 Å². The van der Waals surface area contributed by atoms with Crippen LogP contribution < -0.4 is 5.32 Å². The van der Waals surface area contributed by atoms with Crippen molar-refractivity contribution in [1.82, 2.24) is 14.8 Å². The second-order valence-electron chi connectivity index (χ2n) is 6.95. The van der Waals surface area contributed by atoms with Gasteiger partial charge in [0.2, 0.25) is 5.91 Å². The van der Waals surface area contributed by atoms with Gasteiger partial charge >= 0.3 is 5.97 Å². The molecule has 7 nitrogen and oxygen atoms in total. The molecular formula is C22H26N4O3S2. The SMILES string of the molecule is CCCn1c(CC)nnc1SCC(=O)Nc1scc(-c2ccc(C)cc2)c1C(=O)OC. The maximum absolute atomic E-state index is 12.7. The van der Waals surface area contributed by atoms with Crippen molar-refractivity contribution in [2.24, 2.45) is 0 Å². The van der Waals surface area contributed by atoms with Crippen molar-refractivity contribution < 1.29 is 14.3 Å². The van der Waals surface area contributed by atoms with E-state index >= 15 is 0 Å². The van der Waals surface area contributed by atoms with Crippen LogP contribution >= 0.6 is 23.1 Å². The lowest BCUT2D eigenvalue weighted by Gasteiger charge is -2.09. The Bertz CT molecular complexity index is 1060. The van der Waals surface area contributed by atoms with Crippen molar-refractivity contribution in [3.05, 3.63) is 46.6 Å². The van der Waals surface area contributed by atoms with E-state index in [9.17, 15) is 9.59 Å². The average Bonchev–Trinajstić information content (AvgIpc) is 3.36. The van der Waals surface area contributed by atoms with Crippen molar-refractivity contribution in [3.63, 3.8) is 0 Å². The van der Waals surface area contributed by atoms with Crippen LogP contribution in [0, 0.1) is 6.92 Å². The van der Waals surface area contributed by atoms with E-state index < -0.39 is 5.97 Å². The molecule has 0 spiro atoms. The summed E-state index contributed by atoms with van der Waals surface area (Å²) in [6.07, 6.45) is 1.75. The highest BCUT2D eigenvalue weighted by Gasteiger charge is 2.22. The zero-order valence-corrected chi connectivity index (χ0v) is 19.7. The maximum atomic E-state index is 12.7. The van der Waals surface area contributed by atoms with E-state index in [1.807, 2.05) is 43.5 Å². The molecule has 0 aliphatic carbocycles. The van der Waals surface area contributed by atoms with E-state index in [2.05, 4.69) is 27.0 Å². The maximum Gasteiger partial charge on any atom is 0.341 e. The Kier molecular flexibility index (Phi) is 7.86. The largest absolute Gasteiger partial charge is 0.465 e. The van der Waals surface area contributed by atoms with E-state index in [0.717, 1.165) is 47.1 Å². The Morgan fingerprint density at radius 3 is 2.58 bits per heavy atom. The van der Waals surface area contributed by atoms with Crippen LogP contribution in [0.5, 0.6) is 0 Å². The first-order valence-electron chi connectivity index (χ1n) is 10.1. The molecule has 164 valence electrons. The quantitative estimate of drug-likeness (QED) is 0.366. The molecule has 0 atom stereocenters. The second kappa shape index (κ2) is 10.6. The first-order chi connectivity index (χ1) is 15.0. The lowest BCUT2D eigenvalue weighted by Crippen LogP contribution is -2.16. The number of ether oxygens (including phenoxy) is 1. The summed E-state index contributed by atoms with van der Waals surface area (Å²) in [6.45, 7) is 6.95. The van der Waals surface area contributed by atoms with Gasteiger partial charge < -0.3 is 14.6 Å². The number of benzene rings is 1. The number of anilines is 1. The summed E-state index contributed by atoms with van der Waals surface area (Å²) in [7, 11) is 1.34. The topological polar surface area (TPSA) is 86.1 Å². The summed E-state index contributed by atoms with van der Waals surface area (Å²) >= 11 is 2.65. The number of carbonyl (C=O) groups excluding carboxylic acids is 2. The van der Waals surface area contributed by atoms with E-state index in [-0.39, 0.29) is 11.7 Å². The number of esters is 1. The molecule has 0 saturated heterocycles. The number of nitrogens with one attached hydrogen (secondary N) is 1. The molecule has 0 aliphatic heterocycles. The normalized spacial score (nSPS) is 10.8. The third-order valence-electron chi connectivity index (χ3n) is 4.69. The average molecular weight is 459 g/mol. The molecule has 0 bridgehead atoms. The predicted octanol–water partition coefficient (Wildman–Crippen LogP) is 4.80. The van der Waals surface area contributed by atoms with E-state index in [1.54, 1.807) is 0 Å². The lowest BCUT2D eigenvalue weighted by atomic mass is 10.0. The van der Waals surface area contributed by atoms with Gasteiger partial charge in [0, 0.05) is 23.9 Å². The van der Waals surface area contributed by atoms with Gasteiger partial charge in [-0.2, -0.15) is 0 Å². The van der Waals surface area contributed by atoms with Gasteiger partial charge in [0.15, 0.2) is 5.16 Å². The minimum Gasteiger partial charge on any atom is -0.465 e. The van der Waals surface area contributed by atoms with Gasteiger partial charge in [0.1, 0.15) is 16.4 Å². The first-order valence-corrected chi connectivity index (χ1v) is 12.0. The fraction of sp³-hybridized carbons (Fsp3) is 0.364. The van der Waals surface area contributed by atoms with Crippen LogP contribution in [0.2, 0.25) is 0 Å². The zero-order valence-electron chi connectivity index (χ0n) is 18.1. The summed E-state index contributed by atoms with van der Waals surface area (Å²) < 4.78 is 7.03. The summed E-state index contributed by atoms with van der Waals surface area (Å²) in [4.78, 5) is 25.1. The molecular weight excluding hydrogens is 432 g/mol. The number of carbonyl (C=O) groups is 2. The van der Waals surface area contributed by atoms with Crippen LogP contribution in [0.4, 0.5) is 5.00 Å². The van der Waals surface area contributed by atoms with Crippen molar-refractivity contribution in [2.75, 3.05) is 18.2 Å². The monoisotopic (exact) mass is 458 g/mol. The number of amides is 1. The lowest BCUT2D eigenvalue weighted by molar-refractivity contribution is -0.113. The second-order valence-corrected chi connectivity index (χ2v) is 8.77. The number of nitrogens with zero attached hydrogens (tertiary/aromatic N) is 3. The van der Waals surface area contributed by atoms with Gasteiger partial charge in [-0.25, -0.2) is 4.79 Å². The van der Waals surface area contributed by atoms with Crippen LogP contribution in [0.1, 0.15) is 42.0 Å². The Morgan fingerprint density at radius 2 is 1.94 bits per heavy atom. The third-order valence-corrected chi connectivity index (χ3v) is 6.55. The van der Waals surface area contributed by atoms with E-state index in [1.165, 1.54) is 30.2 Å². The summed E-state index contributed by atoms with van der Waals surface area (Å²) in [5, 5.41) is 14.4. The molecule has 0 saturated carbocycles. The van der Waals surface area contributed by atoms with E-state index in [0.29, 0.717) is 10.6 Å². The van der Waals surface area contributed by atoms with Crippen molar-refractivity contribution in [2.45, 2.75) is 45.3 Å². The number of hydrogen-bond acceptors (Lipinski definition) is 7. The number of thiophene rings is 1. The fourth-order valence-electron chi connectivity index (χ4n) is 3.13. The number of aryl methyl sites for hydroxylation is 2. The molecule has 0 unspecified atom stereocenters. The summed E-state index contributed by atoms with van der Waals surface area (Å²) in [5.74, 6) is 0.398. The number of hydrogen-bond donors (Lipinski definition) is 1. The smallest absolute Gasteiger partial charge is 0.341 e. The molecule has 3 rings (SSSR count). The van der Waals surface area contributed by atoms with Crippen LogP contribution in [0.15, 0.2) is 34.8 Å². The molecule has 2 heterocycles. The Hall–Kier alpha value is -2.65. The highest BCUT2D eigenvalue weighted by atomic mass is 32.2. The van der Waals surface area contributed by atoms with Crippen LogP contribution in [0.25, 0.3) is 11.1 Å². The van der Waals surface area contributed by atoms with Gasteiger partial charge in [-0.15, -0.1) is 21.5 Å². The summed E-state index contributed by atoms with van der Waals surface area (Å²) in [5.41, 5.74) is 3.15. The third kappa shape index (κ3) is 5.34. The Morgan fingerprint density at radius 1 is 1.19 bits per heavy atom. The highest BCUT2D eigenvalue weighted by Crippen LogP contribution is 2.36. The first kappa shape index (κ1) is 23.0. The highest BCUT2D eigenvalue weighted by molar-refractivity contribution is 7.99. The van der Waals surface area contributed by atoms with Crippen molar-refractivity contribution in [1.29, 1.82) is 0 Å². The molecule has 3 aromatic rings. The number of thioether (sulfide) groups is 1. The molecule has 1 aromatic carbocycles. The molecule has 9 heteroatoms. The number of methoxy groups -OCH3 is 1. The Labute approximate surface area is 190 Å². The van der Waals surface area contributed by atoms with Gasteiger partial charge in [-0.1, -0.05) is 55.4 Å². The van der Waals surface area contributed by atoms with Gasteiger partial charge in [0.25, 0.3) is 0 Å². The standard InChI is InChI=1S/C22H26N4O3S2/c1-5-11-26-17(6-2)24-25-22(26)31-13-18(27)23-20-19(21(28)29-4)16(12-30-20)15-9-7-14(3)8-10-15/h7-10,12H,5-6,11,13H2,1-4H3,(H,23,27). The molecule has 0 fully saturated rings. The zero-order chi connectivity index (χ0) is 22.4. The molecule has 1 amide bonds. The molecule has 1 N–H and O–H groups in total. The molecule has 2 aromatic heterocycles. The number of rotatable bonds is 9. The minimum absolute atomic E-state index is 0.171. The minimum atomic E-state index is -0.477. The Balaban J connectivity index is 1.76. The molecule has 31 heavy (non-hydrogen) atoms. The van der Waals surface area contributed by atoms with Gasteiger partial charge in [-0.05, 0) is 18.9 Å². The van der Waals surface area contributed by atoms with Crippen molar-refractivity contribution in [3.8, 4) is 11.1 Å². The van der Waals surface area contributed by atoms with E-state index in [4.69, 9.17) is 4.74 Å². The predicted molar refractivity (Wildman–Crippen MR) is 125 cm³/mol. The van der Waals surface area contributed by atoms with Gasteiger partial charge in [-0.3, -0.25) is 4.79 Å². The van der Waals surface area contributed by atoms with Crippen LogP contribution in [-0.4, -0.2) is 39.5 Å². The fourth-order valence-corrected chi connectivity index (χ4v) is 4.89.